The van der Waals surface area contributed by atoms with Crippen molar-refractivity contribution < 1.29 is 22.8 Å². The summed E-state index contributed by atoms with van der Waals surface area (Å²) in [6, 6.07) is 1.18. The molecule has 0 amide bonds. The molecule has 1 aromatic carbocycles. The molecule has 0 aliphatic rings. The average Bonchev–Trinajstić information content (AvgIpc) is 2.19. The minimum absolute atomic E-state index is 0.000833. The predicted octanol–water partition coefficient (Wildman–Crippen LogP) is 2.69. The van der Waals surface area contributed by atoms with Gasteiger partial charge in [0.2, 0.25) is 0 Å². The lowest BCUT2D eigenvalue weighted by molar-refractivity contribution is 0.0696. The molecule has 17 heavy (non-hydrogen) atoms. The van der Waals surface area contributed by atoms with E-state index in [1.807, 2.05) is 0 Å². The zero-order chi connectivity index (χ0) is 13.2. The Morgan fingerprint density at radius 3 is 2.47 bits per heavy atom. The molecule has 9 heteroatoms. The van der Waals surface area contributed by atoms with E-state index in [2.05, 4.69) is 10.0 Å². The molecule has 0 spiro atoms. The van der Waals surface area contributed by atoms with Crippen LogP contribution in [-0.2, 0) is 0 Å². The van der Waals surface area contributed by atoms with Gasteiger partial charge in [0.25, 0.3) is 0 Å². The van der Waals surface area contributed by atoms with E-state index in [0.29, 0.717) is 12.1 Å². The van der Waals surface area contributed by atoms with Gasteiger partial charge in [-0.05, 0) is 18.0 Å². The molecular formula is C8H6BF3N3O2-. The monoisotopic (exact) mass is 244 g/mol. The second-order valence-corrected chi connectivity index (χ2v) is 3.28. The van der Waals surface area contributed by atoms with Crippen molar-refractivity contribution in [3.8, 4) is 0 Å². The van der Waals surface area contributed by atoms with Gasteiger partial charge in [0, 0.05) is 10.6 Å². The number of carboxylic acid groups (broad SMARTS) is 1. The topological polar surface area (TPSA) is 86.1 Å². The smallest absolute Gasteiger partial charge is 0.478 e. The van der Waals surface area contributed by atoms with Crippen LogP contribution in [-0.4, -0.2) is 18.1 Å². The van der Waals surface area contributed by atoms with E-state index >= 15 is 0 Å². The van der Waals surface area contributed by atoms with E-state index in [0.717, 1.165) is 0 Å². The molecule has 0 saturated heterocycles. The fraction of sp³-hybridized carbons (Fsp3) is 0.125. The largest absolute Gasteiger partial charge is 0.509 e. The Labute approximate surface area is 93.6 Å². The lowest BCUT2D eigenvalue weighted by atomic mass is 9.78. The van der Waals surface area contributed by atoms with Gasteiger partial charge in [0.15, 0.2) is 0 Å². The van der Waals surface area contributed by atoms with E-state index in [9.17, 15) is 17.7 Å². The van der Waals surface area contributed by atoms with Crippen molar-refractivity contribution >= 4 is 24.1 Å². The van der Waals surface area contributed by atoms with Crippen LogP contribution >= 0.6 is 0 Å². The third-order valence-electron chi connectivity index (χ3n) is 2.16. The van der Waals surface area contributed by atoms with Gasteiger partial charge < -0.3 is 18.1 Å². The summed E-state index contributed by atoms with van der Waals surface area (Å²) in [7, 11) is 0. The Balaban J connectivity index is 3.58. The van der Waals surface area contributed by atoms with Gasteiger partial charge in [-0.25, -0.2) is 4.79 Å². The highest BCUT2D eigenvalue weighted by atomic mass is 19.4. The van der Waals surface area contributed by atoms with Crippen LogP contribution < -0.4 is 5.46 Å². The van der Waals surface area contributed by atoms with Crippen molar-refractivity contribution in [1.29, 1.82) is 0 Å². The quantitative estimate of drug-likeness (QED) is 0.383. The molecule has 1 N–H and O–H groups in total. The first-order valence-electron chi connectivity index (χ1n) is 4.40. The SMILES string of the molecule is Cc1c(N=[N+]=[N-])cc([B-](F)(F)F)cc1C(=O)O. The molecule has 0 heterocycles. The lowest BCUT2D eigenvalue weighted by Gasteiger charge is -2.17. The van der Waals surface area contributed by atoms with Gasteiger partial charge in [-0.3, -0.25) is 0 Å². The normalized spacial score (nSPS) is 10.8. The van der Waals surface area contributed by atoms with Crippen LogP contribution in [0.3, 0.4) is 0 Å². The summed E-state index contributed by atoms with van der Waals surface area (Å²) < 4.78 is 37.6. The molecule has 0 bridgehead atoms. The van der Waals surface area contributed by atoms with E-state index in [4.69, 9.17) is 10.6 Å². The van der Waals surface area contributed by atoms with Crippen LogP contribution in [0.25, 0.3) is 10.4 Å². The number of benzene rings is 1. The van der Waals surface area contributed by atoms with Gasteiger partial charge in [-0.15, -0.1) is 5.46 Å². The van der Waals surface area contributed by atoms with Crippen molar-refractivity contribution in [1.82, 2.24) is 0 Å². The maximum Gasteiger partial charge on any atom is 0.509 e. The summed E-state index contributed by atoms with van der Waals surface area (Å²) >= 11 is 0. The van der Waals surface area contributed by atoms with Crippen LogP contribution in [0.4, 0.5) is 18.6 Å². The number of azide groups is 1. The number of halogens is 3. The molecule has 0 fully saturated rings. The number of nitrogens with zero attached hydrogens (tertiary/aromatic N) is 3. The Bertz CT molecular complexity index is 500. The molecule has 0 aliphatic heterocycles. The maximum atomic E-state index is 12.5. The summed E-state index contributed by atoms with van der Waals surface area (Å²) in [5, 5.41) is 11.8. The second-order valence-electron chi connectivity index (χ2n) is 3.28. The van der Waals surface area contributed by atoms with Crippen LogP contribution in [0.1, 0.15) is 15.9 Å². The summed E-state index contributed by atoms with van der Waals surface area (Å²) in [5.41, 5.74) is 6.24. The third-order valence-corrected chi connectivity index (χ3v) is 2.16. The molecule has 0 aliphatic carbocycles. The minimum atomic E-state index is -5.35. The number of hydrogen-bond donors (Lipinski definition) is 1. The number of hydrogen-bond acceptors (Lipinski definition) is 2. The fourth-order valence-corrected chi connectivity index (χ4v) is 1.28. The number of aromatic carboxylic acids is 1. The highest BCUT2D eigenvalue weighted by molar-refractivity contribution is 6.73. The molecule has 0 unspecified atom stereocenters. The van der Waals surface area contributed by atoms with Crippen molar-refractivity contribution in [2.24, 2.45) is 5.11 Å². The second kappa shape index (κ2) is 4.38. The van der Waals surface area contributed by atoms with Gasteiger partial charge in [0.1, 0.15) is 0 Å². The van der Waals surface area contributed by atoms with Crippen LogP contribution in [0, 0.1) is 6.92 Å². The van der Waals surface area contributed by atoms with Crippen molar-refractivity contribution in [3.63, 3.8) is 0 Å². The number of carboxylic acids is 1. The van der Waals surface area contributed by atoms with Crippen molar-refractivity contribution in [3.05, 3.63) is 33.7 Å². The third kappa shape index (κ3) is 2.70. The summed E-state index contributed by atoms with van der Waals surface area (Å²) in [6.07, 6.45) is 0. The van der Waals surface area contributed by atoms with Gasteiger partial charge in [-0.2, -0.15) is 0 Å². The highest BCUT2D eigenvalue weighted by Gasteiger charge is 2.27. The lowest BCUT2D eigenvalue weighted by Crippen LogP contribution is -2.34. The Kier molecular flexibility index (Phi) is 3.33. The molecule has 0 radical (unpaired) electrons. The summed E-state index contributed by atoms with van der Waals surface area (Å²) in [4.78, 5) is 13.1. The first kappa shape index (κ1) is 12.9. The van der Waals surface area contributed by atoms with Crippen LogP contribution in [0.5, 0.6) is 0 Å². The van der Waals surface area contributed by atoms with E-state index < -0.39 is 24.0 Å². The molecule has 1 rings (SSSR count). The van der Waals surface area contributed by atoms with Crippen molar-refractivity contribution in [2.45, 2.75) is 6.92 Å². The Morgan fingerprint density at radius 2 is 2.06 bits per heavy atom. The molecular weight excluding hydrogens is 238 g/mol. The van der Waals surface area contributed by atoms with Gasteiger partial charge in [-0.1, -0.05) is 17.2 Å². The number of rotatable bonds is 3. The molecule has 0 atom stereocenters. The maximum absolute atomic E-state index is 12.5. The first-order chi connectivity index (χ1) is 7.77. The van der Waals surface area contributed by atoms with E-state index in [1.165, 1.54) is 6.92 Å². The average molecular weight is 244 g/mol. The Hall–Kier alpha value is -2.15. The molecule has 0 saturated carbocycles. The zero-order valence-electron chi connectivity index (χ0n) is 8.56. The highest BCUT2D eigenvalue weighted by Crippen LogP contribution is 2.23. The molecule has 90 valence electrons. The number of carbonyl (C=O) groups is 1. The summed E-state index contributed by atoms with van der Waals surface area (Å²) in [5.74, 6) is -1.50. The molecule has 1 aromatic rings. The predicted molar refractivity (Wildman–Crippen MR) is 55.7 cm³/mol. The molecule has 5 nitrogen and oxygen atoms in total. The fourth-order valence-electron chi connectivity index (χ4n) is 1.28. The van der Waals surface area contributed by atoms with Crippen molar-refractivity contribution in [2.75, 3.05) is 0 Å². The zero-order valence-corrected chi connectivity index (χ0v) is 8.56. The first-order valence-corrected chi connectivity index (χ1v) is 4.40. The van der Waals surface area contributed by atoms with E-state index in [-0.39, 0.29) is 11.3 Å². The molecule has 0 aromatic heterocycles. The van der Waals surface area contributed by atoms with Gasteiger partial charge in [0.05, 0.1) is 5.56 Å². The van der Waals surface area contributed by atoms with Crippen LogP contribution in [0.15, 0.2) is 17.2 Å². The van der Waals surface area contributed by atoms with E-state index in [1.54, 1.807) is 0 Å². The van der Waals surface area contributed by atoms with Gasteiger partial charge >= 0.3 is 12.9 Å². The minimum Gasteiger partial charge on any atom is -0.478 e. The van der Waals surface area contributed by atoms with Crippen LogP contribution in [0.2, 0.25) is 0 Å². The Morgan fingerprint density at radius 1 is 1.47 bits per heavy atom. The summed E-state index contributed by atoms with van der Waals surface area (Å²) in [6.45, 7) is -4.07. The standard InChI is InChI=1S/C8H6BF3N3O2/c1-4-6(8(16)17)2-5(9(10,11)12)3-7(4)14-15-13/h2-3H,1H3,(H,16,17)/q-1.